The minimum atomic E-state index is -3.29. The van der Waals surface area contributed by atoms with Crippen LogP contribution in [-0.2, 0) is 31.1 Å². The third kappa shape index (κ3) is 8.90. The second kappa shape index (κ2) is 18.4. The van der Waals surface area contributed by atoms with Crippen molar-refractivity contribution in [2.24, 2.45) is 0 Å². The lowest BCUT2D eigenvalue weighted by Crippen LogP contribution is -2.79. The summed E-state index contributed by atoms with van der Waals surface area (Å²) in [7, 11) is -17.7. The molecule has 2 saturated heterocycles. The van der Waals surface area contributed by atoms with Gasteiger partial charge in [-0.05, 0) is 45.7 Å². The maximum absolute atomic E-state index is 7.60. The van der Waals surface area contributed by atoms with E-state index in [1.165, 1.54) is 5.56 Å². The Labute approximate surface area is 331 Å². The first-order valence-corrected chi connectivity index (χ1v) is 32.0. The number of allylic oxidation sites excluding steroid dienone is 6. The molecule has 2 aliphatic rings. The molecular weight excluding hydrogens is 769 g/mol. The molecule has 5 rings (SSSR count). The van der Waals surface area contributed by atoms with Crippen molar-refractivity contribution < 1.29 is 24.7 Å². The molecule has 0 saturated carbocycles. The summed E-state index contributed by atoms with van der Waals surface area (Å²) in [6.07, 6.45) is 12.5. The monoisotopic (exact) mass is 826 g/mol. The molecule has 0 amide bonds. The van der Waals surface area contributed by atoms with Crippen LogP contribution in [0, 0.1) is 0 Å². The Hall–Kier alpha value is -2.84. The molecule has 54 heavy (non-hydrogen) atoms. The molecule has 4 unspecified atom stereocenters. The molecular formula is C42H58O6Si6. The van der Waals surface area contributed by atoms with Gasteiger partial charge in [0.05, 0.1) is 0 Å². The lowest BCUT2D eigenvalue weighted by atomic mass is 10.2. The van der Waals surface area contributed by atoms with Gasteiger partial charge in [0.15, 0.2) is 0 Å². The summed E-state index contributed by atoms with van der Waals surface area (Å²) in [6, 6.07) is 36.1. The van der Waals surface area contributed by atoms with Crippen LogP contribution in [0.15, 0.2) is 161 Å². The van der Waals surface area contributed by atoms with E-state index in [2.05, 4.69) is 126 Å². The molecule has 0 bridgehead atoms. The first-order valence-electron chi connectivity index (χ1n) is 19.2. The van der Waals surface area contributed by atoms with E-state index in [4.69, 9.17) is 24.7 Å². The maximum Gasteiger partial charge on any atom is 0.359 e. The summed E-state index contributed by atoms with van der Waals surface area (Å²) in [4.78, 5) is 0. The average Bonchev–Trinajstić information content (AvgIpc) is 3.18. The van der Waals surface area contributed by atoms with Crippen LogP contribution in [0.4, 0.5) is 0 Å². The summed E-state index contributed by atoms with van der Waals surface area (Å²) in [5, 5.41) is 3.21. The second-order valence-electron chi connectivity index (χ2n) is 14.2. The summed E-state index contributed by atoms with van der Waals surface area (Å²) in [6.45, 7) is 29.4. The Bertz CT molecular complexity index is 1690. The van der Waals surface area contributed by atoms with Gasteiger partial charge in [-0.2, -0.15) is 0 Å². The molecule has 3 aromatic carbocycles. The molecule has 2 heterocycles. The Balaban J connectivity index is 1.62. The average molecular weight is 827 g/mol. The quantitative estimate of drug-likeness (QED) is 0.0838. The fourth-order valence-electron chi connectivity index (χ4n) is 7.84. The lowest BCUT2D eigenvalue weighted by Gasteiger charge is -2.53. The highest BCUT2D eigenvalue weighted by molar-refractivity contribution is 7.06. The second-order valence-corrected chi connectivity index (χ2v) is 35.2. The van der Waals surface area contributed by atoms with E-state index in [0.717, 1.165) is 52.2 Å². The molecule has 0 spiro atoms. The molecule has 0 aliphatic carbocycles. The van der Waals surface area contributed by atoms with Crippen molar-refractivity contribution in [2.45, 2.75) is 74.7 Å². The summed E-state index contributed by atoms with van der Waals surface area (Å²) in [5.74, 6) is 0. The summed E-state index contributed by atoms with van der Waals surface area (Å²) >= 11 is 0. The van der Waals surface area contributed by atoms with Crippen molar-refractivity contribution in [1.82, 2.24) is 0 Å². The molecule has 3 aromatic rings. The zero-order valence-electron chi connectivity index (χ0n) is 32.3. The van der Waals surface area contributed by atoms with Crippen LogP contribution >= 0.6 is 0 Å². The van der Waals surface area contributed by atoms with Gasteiger partial charge in [-0.25, -0.2) is 0 Å². The SMILES string of the molecule is C=CC[Si]1(CC)O[Si](CC)(CC=C)O[Si](CC=C)(CCc2cccc([Si]3(CC=C)O[Si](CC=C)(c4ccccc4)O[Si](CC=C)(c4ccccc4)O3)c2)O1. The first-order chi connectivity index (χ1) is 26.1. The molecule has 2 fully saturated rings. The Morgan fingerprint density at radius 1 is 0.426 bits per heavy atom. The standard InChI is InChI=1S/C42H58O6Si6/c1-9-31-49(15-7)43-50(16-8,32-10-2)45-51(44-49,33-11-3)37-30-39-24-23-29-42(38-39)54(36-14-6)47-52(34-12-4,40-25-19-17-20-26-40)46-53(48-54,35-13-5)41-27-21-18-22-28-41/h9-14,17-29,38H,1-6,15-16,30-37H2,7-8H3. The van der Waals surface area contributed by atoms with E-state index in [-0.39, 0.29) is 0 Å². The molecule has 286 valence electrons. The van der Waals surface area contributed by atoms with Crippen LogP contribution in [0.3, 0.4) is 0 Å². The van der Waals surface area contributed by atoms with Crippen LogP contribution < -0.4 is 15.6 Å². The molecule has 4 atom stereocenters. The number of hydrogen-bond donors (Lipinski definition) is 0. The first kappa shape index (κ1) is 42.3. The van der Waals surface area contributed by atoms with Gasteiger partial charge in [-0.3, -0.25) is 0 Å². The van der Waals surface area contributed by atoms with Gasteiger partial charge in [0, 0.05) is 36.3 Å². The molecule has 0 aromatic heterocycles. The summed E-state index contributed by atoms with van der Waals surface area (Å²) < 4.78 is 44.2. The minimum absolute atomic E-state index is 0.564. The number of aryl methyl sites for hydroxylation is 1. The van der Waals surface area contributed by atoms with Gasteiger partial charge in [0.1, 0.15) is 0 Å². The number of benzene rings is 3. The van der Waals surface area contributed by atoms with Gasteiger partial charge in [0.25, 0.3) is 0 Å². The highest BCUT2D eigenvalue weighted by Crippen LogP contribution is 2.43. The third-order valence-electron chi connectivity index (χ3n) is 10.4. The van der Waals surface area contributed by atoms with Gasteiger partial charge in [0.2, 0.25) is 0 Å². The largest absolute Gasteiger partial charge is 0.415 e. The van der Waals surface area contributed by atoms with Gasteiger partial charge in [-0.15, -0.1) is 39.5 Å². The van der Waals surface area contributed by atoms with Gasteiger partial charge < -0.3 is 24.7 Å². The van der Waals surface area contributed by atoms with E-state index in [0.29, 0.717) is 24.2 Å². The van der Waals surface area contributed by atoms with E-state index < -0.39 is 51.4 Å². The molecule has 12 heteroatoms. The van der Waals surface area contributed by atoms with Crippen LogP contribution in [0.5, 0.6) is 0 Å². The highest BCUT2D eigenvalue weighted by Gasteiger charge is 2.64. The van der Waals surface area contributed by atoms with Crippen molar-refractivity contribution in [2.75, 3.05) is 0 Å². The minimum Gasteiger partial charge on any atom is -0.415 e. The molecule has 0 N–H and O–H groups in total. The van der Waals surface area contributed by atoms with Crippen LogP contribution in [-0.4, -0.2) is 51.4 Å². The van der Waals surface area contributed by atoms with Gasteiger partial charge in [-0.1, -0.05) is 135 Å². The van der Waals surface area contributed by atoms with Crippen molar-refractivity contribution in [1.29, 1.82) is 0 Å². The van der Waals surface area contributed by atoms with E-state index in [9.17, 15) is 0 Å². The Morgan fingerprint density at radius 2 is 0.796 bits per heavy atom. The number of hydrogen-bond acceptors (Lipinski definition) is 6. The Kier molecular flexibility index (Phi) is 14.4. The van der Waals surface area contributed by atoms with Crippen molar-refractivity contribution >= 4 is 66.9 Å². The van der Waals surface area contributed by atoms with Gasteiger partial charge >= 0.3 is 51.4 Å². The molecule has 0 radical (unpaired) electrons. The van der Waals surface area contributed by atoms with Crippen LogP contribution in [0.1, 0.15) is 19.4 Å². The normalized spacial score (nSPS) is 30.9. The topological polar surface area (TPSA) is 55.4 Å². The van der Waals surface area contributed by atoms with Crippen molar-refractivity contribution in [3.05, 3.63) is 166 Å². The zero-order valence-corrected chi connectivity index (χ0v) is 38.3. The van der Waals surface area contributed by atoms with Crippen molar-refractivity contribution in [3.63, 3.8) is 0 Å². The maximum atomic E-state index is 7.60. The van der Waals surface area contributed by atoms with Crippen LogP contribution in [0.25, 0.3) is 0 Å². The van der Waals surface area contributed by atoms with E-state index >= 15 is 0 Å². The Morgan fingerprint density at radius 3 is 1.20 bits per heavy atom. The third-order valence-corrected chi connectivity index (χ3v) is 39.2. The smallest absolute Gasteiger partial charge is 0.359 e. The fourth-order valence-corrected chi connectivity index (χ4v) is 42.3. The number of rotatable bonds is 20. The zero-order chi connectivity index (χ0) is 38.8. The van der Waals surface area contributed by atoms with Crippen LogP contribution in [0.2, 0.25) is 54.4 Å². The van der Waals surface area contributed by atoms with E-state index in [1.54, 1.807) is 0 Å². The predicted molar refractivity (Wildman–Crippen MR) is 239 cm³/mol. The predicted octanol–water partition coefficient (Wildman–Crippen LogP) is 9.19. The highest BCUT2D eigenvalue weighted by atomic mass is 28.5. The summed E-state index contributed by atoms with van der Waals surface area (Å²) in [5.41, 5.74) is 1.18. The molecule has 2 aliphatic heterocycles. The van der Waals surface area contributed by atoms with E-state index in [1.807, 2.05) is 48.6 Å². The van der Waals surface area contributed by atoms with Crippen molar-refractivity contribution in [3.8, 4) is 0 Å². The fraction of sp³-hybridized carbons (Fsp3) is 0.286. The lowest BCUT2D eigenvalue weighted by molar-refractivity contribution is 0.215. The molecule has 6 nitrogen and oxygen atoms in total.